The molecule has 0 bridgehead atoms. The summed E-state index contributed by atoms with van der Waals surface area (Å²) in [5.74, 6) is 0.315. The summed E-state index contributed by atoms with van der Waals surface area (Å²) in [7, 11) is 0. The van der Waals surface area contributed by atoms with E-state index in [1.165, 1.54) is 0 Å². The molecule has 2 nitrogen and oxygen atoms in total. The van der Waals surface area contributed by atoms with Crippen molar-refractivity contribution >= 4 is 0 Å². The Morgan fingerprint density at radius 2 is 2.12 bits per heavy atom. The van der Waals surface area contributed by atoms with E-state index >= 15 is 0 Å². The predicted octanol–water partition coefficient (Wildman–Crippen LogP) is 0.402. The molecule has 3 atom stereocenters. The largest absolute Gasteiger partial charge is 0.390 e. The normalized spacial score (nSPS) is 47.6. The van der Waals surface area contributed by atoms with Crippen LogP contribution in [0, 0.1) is 5.92 Å². The van der Waals surface area contributed by atoms with E-state index < -0.39 is 0 Å². The molecule has 1 saturated heterocycles. The first-order valence-electron chi connectivity index (χ1n) is 3.01. The lowest BCUT2D eigenvalue weighted by molar-refractivity contribution is 0.0966. The second kappa shape index (κ2) is 2.03. The molecule has 0 radical (unpaired) electrons. The van der Waals surface area contributed by atoms with Crippen molar-refractivity contribution in [2.45, 2.75) is 26.1 Å². The van der Waals surface area contributed by atoms with Gasteiger partial charge in [0.1, 0.15) is 0 Å². The molecule has 0 spiro atoms. The molecule has 1 fully saturated rings. The maximum absolute atomic E-state index is 9.04. The maximum atomic E-state index is 9.04. The smallest absolute Gasteiger partial charge is 0.0823 e. The number of aliphatic hydroxyl groups is 1. The Hall–Kier alpha value is -0.0800. The van der Waals surface area contributed by atoms with Gasteiger partial charge in [0.05, 0.1) is 18.8 Å². The summed E-state index contributed by atoms with van der Waals surface area (Å²) in [4.78, 5) is 0. The lowest BCUT2D eigenvalue weighted by atomic mass is 10.0. The molecule has 2 heteroatoms. The van der Waals surface area contributed by atoms with Crippen LogP contribution in [0.1, 0.15) is 13.8 Å². The SMILES string of the molecule is CC1OCC(O)C1C. The third-order valence-electron chi connectivity index (χ3n) is 1.88. The van der Waals surface area contributed by atoms with Gasteiger partial charge in [-0.2, -0.15) is 0 Å². The van der Waals surface area contributed by atoms with Crippen molar-refractivity contribution in [3.63, 3.8) is 0 Å². The topological polar surface area (TPSA) is 29.5 Å². The van der Waals surface area contributed by atoms with Gasteiger partial charge in [-0.05, 0) is 6.92 Å². The van der Waals surface area contributed by atoms with Crippen LogP contribution < -0.4 is 0 Å². The molecule has 0 aromatic heterocycles. The molecule has 1 aliphatic heterocycles. The molecule has 1 rings (SSSR count). The van der Waals surface area contributed by atoms with Crippen LogP contribution in [0.5, 0.6) is 0 Å². The summed E-state index contributed by atoms with van der Waals surface area (Å²) in [6.07, 6.45) is 0.00926. The van der Waals surface area contributed by atoms with Gasteiger partial charge in [-0.25, -0.2) is 0 Å². The number of hydrogen-bond donors (Lipinski definition) is 1. The van der Waals surface area contributed by atoms with Gasteiger partial charge in [0, 0.05) is 5.92 Å². The molecular formula is C6H12O2. The van der Waals surface area contributed by atoms with Gasteiger partial charge in [-0.15, -0.1) is 0 Å². The van der Waals surface area contributed by atoms with Crippen LogP contribution in [-0.4, -0.2) is 23.9 Å². The molecule has 1 N–H and O–H groups in total. The molecule has 0 aromatic rings. The monoisotopic (exact) mass is 116 g/mol. The summed E-state index contributed by atoms with van der Waals surface area (Å²) in [5.41, 5.74) is 0. The van der Waals surface area contributed by atoms with Gasteiger partial charge in [-0.1, -0.05) is 6.92 Å². The van der Waals surface area contributed by atoms with Crippen molar-refractivity contribution in [1.82, 2.24) is 0 Å². The second-order valence-electron chi connectivity index (χ2n) is 2.46. The van der Waals surface area contributed by atoms with Crippen LogP contribution in [0.3, 0.4) is 0 Å². The Morgan fingerprint density at radius 1 is 1.50 bits per heavy atom. The first-order chi connectivity index (χ1) is 3.72. The molecule has 48 valence electrons. The van der Waals surface area contributed by atoms with E-state index in [2.05, 4.69) is 0 Å². The molecule has 1 heterocycles. The van der Waals surface area contributed by atoms with Gasteiger partial charge in [0.25, 0.3) is 0 Å². The minimum atomic E-state index is -0.231. The third-order valence-corrected chi connectivity index (χ3v) is 1.88. The number of hydrogen-bond acceptors (Lipinski definition) is 2. The molecule has 0 saturated carbocycles. The number of aliphatic hydroxyl groups excluding tert-OH is 1. The van der Waals surface area contributed by atoms with E-state index in [9.17, 15) is 0 Å². The minimum absolute atomic E-state index is 0.231. The van der Waals surface area contributed by atoms with Crippen LogP contribution >= 0.6 is 0 Å². The summed E-state index contributed by atoms with van der Waals surface area (Å²) < 4.78 is 5.13. The predicted molar refractivity (Wildman–Crippen MR) is 30.6 cm³/mol. The van der Waals surface area contributed by atoms with Crippen LogP contribution in [-0.2, 0) is 4.74 Å². The van der Waals surface area contributed by atoms with E-state index in [0.717, 1.165) is 0 Å². The molecule has 8 heavy (non-hydrogen) atoms. The molecule has 0 aromatic carbocycles. The number of ether oxygens (including phenoxy) is 1. The van der Waals surface area contributed by atoms with Crippen LogP contribution in [0.15, 0.2) is 0 Å². The zero-order chi connectivity index (χ0) is 6.15. The van der Waals surface area contributed by atoms with Crippen LogP contribution in [0.2, 0.25) is 0 Å². The highest BCUT2D eigenvalue weighted by atomic mass is 16.5. The summed E-state index contributed by atoms with van der Waals surface area (Å²) in [5, 5.41) is 9.04. The van der Waals surface area contributed by atoms with Crippen molar-refractivity contribution in [2.75, 3.05) is 6.61 Å². The molecule has 0 aliphatic carbocycles. The quantitative estimate of drug-likeness (QED) is 0.496. The number of rotatable bonds is 0. The van der Waals surface area contributed by atoms with Crippen LogP contribution in [0.25, 0.3) is 0 Å². The van der Waals surface area contributed by atoms with Crippen molar-refractivity contribution in [1.29, 1.82) is 0 Å². The lowest BCUT2D eigenvalue weighted by Crippen LogP contribution is -2.17. The summed E-state index contributed by atoms with van der Waals surface area (Å²) >= 11 is 0. The van der Waals surface area contributed by atoms with E-state index in [1.54, 1.807) is 0 Å². The van der Waals surface area contributed by atoms with Gasteiger partial charge < -0.3 is 9.84 Å². The first-order valence-corrected chi connectivity index (χ1v) is 3.01. The highest BCUT2D eigenvalue weighted by Gasteiger charge is 2.28. The van der Waals surface area contributed by atoms with Gasteiger partial charge in [0.2, 0.25) is 0 Å². The summed E-state index contributed by atoms with van der Waals surface area (Å²) in [6, 6.07) is 0. The molecule has 3 unspecified atom stereocenters. The zero-order valence-electron chi connectivity index (χ0n) is 5.29. The van der Waals surface area contributed by atoms with Gasteiger partial charge in [-0.3, -0.25) is 0 Å². The molecular weight excluding hydrogens is 104 g/mol. The average Bonchev–Trinajstić information content (AvgIpc) is 1.98. The third kappa shape index (κ3) is 0.858. The Morgan fingerprint density at radius 3 is 2.25 bits per heavy atom. The fraction of sp³-hybridized carbons (Fsp3) is 1.00. The lowest BCUT2D eigenvalue weighted by Gasteiger charge is -2.08. The highest BCUT2D eigenvalue weighted by Crippen LogP contribution is 2.19. The Bertz CT molecular complexity index is 72.6. The van der Waals surface area contributed by atoms with E-state index in [4.69, 9.17) is 9.84 Å². The Balaban J connectivity index is 2.44. The zero-order valence-corrected chi connectivity index (χ0v) is 5.29. The Labute approximate surface area is 49.5 Å². The van der Waals surface area contributed by atoms with Crippen molar-refractivity contribution in [3.05, 3.63) is 0 Å². The van der Waals surface area contributed by atoms with Gasteiger partial charge in [0.15, 0.2) is 0 Å². The Kier molecular flexibility index (Phi) is 1.54. The van der Waals surface area contributed by atoms with Gasteiger partial charge >= 0.3 is 0 Å². The van der Waals surface area contributed by atoms with Crippen LogP contribution in [0.4, 0.5) is 0 Å². The first kappa shape index (κ1) is 6.05. The average molecular weight is 116 g/mol. The fourth-order valence-corrected chi connectivity index (χ4v) is 0.867. The van der Waals surface area contributed by atoms with Crippen molar-refractivity contribution < 1.29 is 9.84 Å². The maximum Gasteiger partial charge on any atom is 0.0823 e. The molecule has 1 aliphatic rings. The van der Waals surface area contributed by atoms with Crippen molar-refractivity contribution in [3.8, 4) is 0 Å². The molecule has 0 amide bonds. The van der Waals surface area contributed by atoms with Crippen molar-refractivity contribution in [2.24, 2.45) is 5.92 Å². The standard InChI is InChI=1S/C6H12O2/c1-4-5(2)8-3-6(4)7/h4-7H,3H2,1-2H3. The minimum Gasteiger partial charge on any atom is -0.390 e. The van der Waals surface area contributed by atoms with E-state index in [-0.39, 0.29) is 12.2 Å². The fourth-order valence-electron chi connectivity index (χ4n) is 0.867. The highest BCUT2D eigenvalue weighted by molar-refractivity contribution is 4.76. The summed E-state index contributed by atoms with van der Waals surface area (Å²) in [6.45, 7) is 4.51. The van der Waals surface area contributed by atoms with E-state index in [1.807, 2.05) is 13.8 Å². The second-order valence-corrected chi connectivity index (χ2v) is 2.46. The van der Waals surface area contributed by atoms with E-state index in [0.29, 0.717) is 12.5 Å².